The largest absolute Gasteiger partial charge is 0.0778 e. The van der Waals surface area contributed by atoms with Gasteiger partial charge in [0.05, 0.1) is 5.37 Å². The van der Waals surface area contributed by atoms with Gasteiger partial charge in [0.25, 0.3) is 0 Å². The molecule has 0 bridgehead atoms. The Balaban J connectivity index is 3.01. The molecule has 0 heterocycles. The maximum Gasteiger partial charge on any atom is 0.0636 e. The Kier molecular flexibility index (Phi) is 1.96. The second-order valence-electron chi connectivity index (χ2n) is 1.97. The van der Waals surface area contributed by atoms with Crippen molar-refractivity contribution in [2.45, 2.75) is 6.92 Å². The second kappa shape index (κ2) is 2.74. The van der Waals surface area contributed by atoms with Crippen LogP contribution in [0.15, 0.2) is 24.3 Å². The molecule has 45 valence electrons. The van der Waals surface area contributed by atoms with E-state index in [0.29, 0.717) is 0 Å². The Morgan fingerprint density at radius 1 is 1.22 bits per heavy atom. The molecule has 0 fully saturated rings. The van der Waals surface area contributed by atoms with Crippen LogP contribution < -0.4 is 0 Å². The van der Waals surface area contributed by atoms with Gasteiger partial charge in [0.2, 0.25) is 0 Å². The van der Waals surface area contributed by atoms with E-state index in [1.807, 2.05) is 31.2 Å². The van der Waals surface area contributed by atoms with E-state index in [1.165, 1.54) is 5.56 Å². The van der Waals surface area contributed by atoms with E-state index >= 15 is 0 Å². The number of aryl methyl sites for hydroxylation is 1. The molecule has 0 aliphatic carbocycles. The first-order chi connectivity index (χ1) is 4.33. The number of thiocarbonyl (C=S) groups is 1. The van der Waals surface area contributed by atoms with Crippen LogP contribution in [0.3, 0.4) is 0 Å². The minimum Gasteiger partial charge on any atom is -0.0778 e. The van der Waals surface area contributed by atoms with Gasteiger partial charge in [-0.25, -0.2) is 0 Å². The molecule has 0 unspecified atom stereocenters. The van der Waals surface area contributed by atoms with Gasteiger partial charge in [0.1, 0.15) is 0 Å². The SMILES string of the molecule is Cc1ccc([C]=S)cc1. The fraction of sp³-hybridized carbons (Fsp3) is 0.125. The summed E-state index contributed by atoms with van der Waals surface area (Å²) in [5, 5.41) is 2.64. The minimum absolute atomic E-state index is 0.982. The molecule has 1 radical (unpaired) electrons. The predicted molar refractivity (Wildman–Crippen MR) is 42.9 cm³/mol. The third kappa shape index (κ3) is 1.61. The molecular weight excluding hydrogens is 128 g/mol. The fourth-order valence-corrected chi connectivity index (χ4v) is 0.758. The quantitative estimate of drug-likeness (QED) is 0.532. The van der Waals surface area contributed by atoms with Crippen molar-refractivity contribution in [2.24, 2.45) is 0 Å². The highest BCUT2D eigenvalue weighted by Crippen LogP contribution is 1.99. The van der Waals surface area contributed by atoms with Crippen LogP contribution >= 0.6 is 12.2 Å². The molecule has 0 aliphatic rings. The van der Waals surface area contributed by atoms with Crippen LogP contribution in [0, 0.1) is 6.92 Å². The van der Waals surface area contributed by atoms with Crippen molar-refractivity contribution in [1.82, 2.24) is 0 Å². The normalized spacial score (nSPS) is 9.00. The summed E-state index contributed by atoms with van der Waals surface area (Å²) in [5.41, 5.74) is 2.24. The van der Waals surface area contributed by atoms with Crippen LogP contribution in [0.1, 0.15) is 11.1 Å². The summed E-state index contributed by atoms with van der Waals surface area (Å²) in [4.78, 5) is 0. The molecule has 0 aliphatic heterocycles. The van der Waals surface area contributed by atoms with Crippen LogP contribution in [-0.2, 0) is 0 Å². The molecule has 9 heavy (non-hydrogen) atoms. The molecular formula is C8H7S. The van der Waals surface area contributed by atoms with Gasteiger partial charge >= 0.3 is 0 Å². The molecule has 0 nitrogen and oxygen atoms in total. The highest BCUT2D eigenvalue weighted by Gasteiger charge is 1.83. The predicted octanol–water partition coefficient (Wildman–Crippen LogP) is 2.22. The summed E-state index contributed by atoms with van der Waals surface area (Å²) < 4.78 is 0. The van der Waals surface area contributed by atoms with Gasteiger partial charge in [-0.1, -0.05) is 42.0 Å². The molecule has 0 atom stereocenters. The average Bonchev–Trinajstić information content (AvgIpc) is 1.90. The standard InChI is InChI=1S/C8H7S/c1-7-2-4-8(6-9)5-3-7/h2-5H,1H3. The Morgan fingerprint density at radius 2 is 1.78 bits per heavy atom. The van der Waals surface area contributed by atoms with Crippen LogP contribution in [0.25, 0.3) is 0 Å². The van der Waals surface area contributed by atoms with Gasteiger partial charge in [-0.05, 0) is 12.5 Å². The van der Waals surface area contributed by atoms with Gasteiger partial charge in [0.15, 0.2) is 0 Å². The maximum absolute atomic E-state index is 4.61. The third-order valence-corrected chi connectivity index (χ3v) is 1.41. The summed E-state index contributed by atoms with van der Waals surface area (Å²) in [7, 11) is 0. The molecule has 0 spiro atoms. The lowest BCUT2D eigenvalue weighted by Crippen LogP contribution is -1.76. The molecule has 0 saturated carbocycles. The summed E-state index contributed by atoms with van der Waals surface area (Å²) >= 11 is 4.61. The zero-order valence-electron chi connectivity index (χ0n) is 5.22. The molecule has 0 N–H and O–H groups in total. The first kappa shape index (κ1) is 6.43. The first-order valence-corrected chi connectivity index (χ1v) is 3.18. The van der Waals surface area contributed by atoms with Crippen molar-refractivity contribution in [2.75, 3.05) is 0 Å². The number of benzene rings is 1. The van der Waals surface area contributed by atoms with Gasteiger partial charge in [-0.2, -0.15) is 0 Å². The van der Waals surface area contributed by atoms with Crippen LogP contribution in [0.2, 0.25) is 0 Å². The van der Waals surface area contributed by atoms with E-state index in [0.717, 1.165) is 5.56 Å². The number of rotatable bonds is 1. The van der Waals surface area contributed by atoms with Crippen molar-refractivity contribution in [3.8, 4) is 0 Å². The Morgan fingerprint density at radius 3 is 2.22 bits per heavy atom. The maximum atomic E-state index is 4.61. The fourth-order valence-electron chi connectivity index (χ4n) is 0.622. The van der Waals surface area contributed by atoms with E-state index in [4.69, 9.17) is 0 Å². The highest BCUT2D eigenvalue weighted by atomic mass is 32.1. The molecule has 1 aromatic carbocycles. The van der Waals surface area contributed by atoms with E-state index < -0.39 is 0 Å². The summed E-state index contributed by atoms with van der Waals surface area (Å²) in [6.45, 7) is 2.05. The van der Waals surface area contributed by atoms with Crippen molar-refractivity contribution in [3.05, 3.63) is 35.4 Å². The van der Waals surface area contributed by atoms with Crippen molar-refractivity contribution in [3.63, 3.8) is 0 Å². The van der Waals surface area contributed by atoms with Gasteiger partial charge in [0, 0.05) is 0 Å². The lowest BCUT2D eigenvalue weighted by Gasteiger charge is -1.90. The van der Waals surface area contributed by atoms with Crippen molar-refractivity contribution < 1.29 is 0 Å². The summed E-state index contributed by atoms with van der Waals surface area (Å²) in [5.74, 6) is 0. The molecule has 1 heteroatoms. The van der Waals surface area contributed by atoms with Gasteiger partial charge < -0.3 is 0 Å². The first-order valence-electron chi connectivity index (χ1n) is 2.78. The van der Waals surface area contributed by atoms with E-state index in [1.54, 1.807) is 0 Å². The van der Waals surface area contributed by atoms with Crippen molar-refractivity contribution in [1.29, 1.82) is 0 Å². The van der Waals surface area contributed by atoms with Crippen LogP contribution in [-0.4, -0.2) is 5.37 Å². The Hall–Kier alpha value is -0.690. The molecule has 0 saturated heterocycles. The lowest BCUT2D eigenvalue weighted by atomic mass is 10.2. The highest BCUT2D eigenvalue weighted by molar-refractivity contribution is 7.79. The summed E-state index contributed by atoms with van der Waals surface area (Å²) in [6, 6.07) is 7.97. The van der Waals surface area contributed by atoms with Gasteiger partial charge in [-0.15, -0.1) is 0 Å². The monoisotopic (exact) mass is 135 g/mol. The van der Waals surface area contributed by atoms with E-state index in [9.17, 15) is 0 Å². The second-order valence-corrected chi connectivity index (χ2v) is 2.17. The molecule has 1 aromatic rings. The van der Waals surface area contributed by atoms with Crippen LogP contribution in [0.5, 0.6) is 0 Å². The minimum atomic E-state index is 0.982. The zero-order chi connectivity index (χ0) is 6.69. The molecule has 0 aromatic heterocycles. The average molecular weight is 135 g/mol. The summed E-state index contributed by atoms with van der Waals surface area (Å²) in [6.07, 6.45) is 0. The molecule has 1 rings (SSSR count). The lowest BCUT2D eigenvalue weighted by molar-refractivity contribution is 1.47. The Labute approximate surface area is 60.5 Å². The van der Waals surface area contributed by atoms with E-state index in [2.05, 4.69) is 17.6 Å². The number of hydrogen-bond acceptors (Lipinski definition) is 1. The number of hydrogen-bond donors (Lipinski definition) is 0. The van der Waals surface area contributed by atoms with Gasteiger partial charge in [-0.3, -0.25) is 0 Å². The zero-order valence-corrected chi connectivity index (χ0v) is 6.03. The molecule has 0 amide bonds. The van der Waals surface area contributed by atoms with Crippen molar-refractivity contribution >= 4 is 17.6 Å². The Bertz CT molecular complexity index is 198. The topological polar surface area (TPSA) is 0 Å². The van der Waals surface area contributed by atoms with Crippen LogP contribution in [0.4, 0.5) is 0 Å². The third-order valence-electron chi connectivity index (χ3n) is 1.17. The smallest absolute Gasteiger partial charge is 0.0636 e. The van der Waals surface area contributed by atoms with E-state index in [-0.39, 0.29) is 0 Å².